The second-order valence-corrected chi connectivity index (χ2v) is 14.7. The number of ether oxygens (including phenoxy) is 2. The van der Waals surface area contributed by atoms with Crippen LogP contribution in [0.4, 0.5) is 15.6 Å². The van der Waals surface area contributed by atoms with Gasteiger partial charge in [-0.1, -0.05) is 60.3 Å². The Balaban J connectivity index is 1.20. The number of oxime groups is 1. The maximum Gasteiger partial charge on any atom is 0.412 e. The molecule has 2 aliphatic rings. The van der Waals surface area contributed by atoms with Crippen molar-refractivity contribution in [3.05, 3.63) is 101 Å². The van der Waals surface area contributed by atoms with Crippen molar-refractivity contribution >= 4 is 69.5 Å². The Labute approximate surface area is 313 Å². The number of benzene rings is 2. The number of β-lactam (4-membered cyclic amide) rings is 1. The molecule has 278 valence electrons. The summed E-state index contributed by atoms with van der Waals surface area (Å²) in [4.78, 5) is 74.4. The number of anilines is 2. The van der Waals surface area contributed by atoms with Gasteiger partial charge >= 0.3 is 18.0 Å². The molecule has 53 heavy (non-hydrogen) atoms. The molecule has 3 amide bonds. The number of rotatable bonds is 14. The van der Waals surface area contributed by atoms with Crippen molar-refractivity contribution in [1.29, 1.82) is 0 Å². The average Bonchev–Trinajstić information content (AvgIpc) is 3.55. The minimum Gasteiger partial charge on any atom is -0.477 e. The minimum atomic E-state index is -1.27. The summed E-state index contributed by atoms with van der Waals surface area (Å²) in [5.74, 6) is -2.88. The van der Waals surface area contributed by atoms with E-state index < -0.39 is 53.0 Å². The second kappa shape index (κ2) is 16.8. The van der Waals surface area contributed by atoms with Crippen LogP contribution in [-0.2, 0) is 33.5 Å². The standard InChI is InChI=1S/C36H38N6O9S2/c1-5-20-18-52-32-27(31(45)42(32)28(20)33(46)47)40-30(44)26(24-19-53-34(37)39-24)41-49-16-10-15-25(43)50-29(21-11-7-6-8-12-21)22-13-9-14-23(17-22)38-35(48)51-36(2,3)4/h5-9,11-14,17,19,27,29,32H,1,10,15-16,18H2,2-4H3,(H2,37,39)(H,38,48)(H,40,44)(H,46,47)/t27?,29?,32-/m0/s1. The Morgan fingerprint density at radius 1 is 1.15 bits per heavy atom. The number of allylic oxidation sites excluding steroid dienone is 1. The maximum atomic E-state index is 13.4. The van der Waals surface area contributed by atoms with Gasteiger partial charge in [0.1, 0.15) is 35.0 Å². The summed E-state index contributed by atoms with van der Waals surface area (Å²) < 4.78 is 11.3. The predicted octanol–water partition coefficient (Wildman–Crippen LogP) is 4.83. The van der Waals surface area contributed by atoms with Gasteiger partial charge in [-0.05, 0) is 56.0 Å². The number of thioether (sulfide) groups is 1. The summed E-state index contributed by atoms with van der Waals surface area (Å²) in [5, 5.41) is 20.0. The zero-order valence-electron chi connectivity index (χ0n) is 29.1. The molecule has 0 radical (unpaired) electrons. The van der Waals surface area contributed by atoms with Crippen molar-refractivity contribution in [2.45, 2.75) is 56.7 Å². The van der Waals surface area contributed by atoms with Crippen LogP contribution in [0, 0.1) is 0 Å². The van der Waals surface area contributed by atoms with Crippen LogP contribution in [0.2, 0.25) is 0 Å². The highest BCUT2D eigenvalue weighted by molar-refractivity contribution is 8.00. The zero-order valence-corrected chi connectivity index (χ0v) is 30.7. The number of carboxylic acids is 1. The number of nitrogens with one attached hydrogen (secondary N) is 2. The third kappa shape index (κ3) is 9.61. The number of aliphatic carboxylic acids is 1. The van der Waals surface area contributed by atoms with E-state index in [9.17, 15) is 29.1 Å². The van der Waals surface area contributed by atoms with E-state index in [-0.39, 0.29) is 41.7 Å². The molecule has 2 unspecified atom stereocenters. The fraction of sp³-hybridized carbons (Fsp3) is 0.306. The molecule has 17 heteroatoms. The molecule has 1 saturated heterocycles. The van der Waals surface area contributed by atoms with Gasteiger partial charge in [-0.3, -0.25) is 24.6 Å². The van der Waals surface area contributed by atoms with Crippen LogP contribution in [0.1, 0.15) is 56.5 Å². The number of amides is 3. The molecule has 5 rings (SSSR count). The average molecular weight is 763 g/mol. The second-order valence-electron chi connectivity index (χ2n) is 12.7. The van der Waals surface area contributed by atoms with Crippen LogP contribution < -0.4 is 16.4 Å². The number of carboxylic acid groups (broad SMARTS) is 1. The number of nitrogens with two attached hydrogens (primary N) is 1. The lowest BCUT2D eigenvalue weighted by Gasteiger charge is -2.49. The van der Waals surface area contributed by atoms with E-state index in [2.05, 4.69) is 27.4 Å². The first kappa shape index (κ1) is 38.5. The smallest absolute Gasteiger partial charge is 0.412 e. The van der Waals surface area contributed by atoms with Gasteiger partial charge in [0.25, 0.3) is 11.8 Å². The summed E-state index contributed by atoms with van der Waals surface area (Å²) in [6.07, 6.45) is 0.102. The van der Waals surface area contributed by atoms with E-state index in [0.717, 1.165) is 16.2 Å². The number of thiazole rings is 1. The Bertz CT molecular complexity index is 1960. The van der Waals surface area contributed by atoms with Crippen molar-refractivity contribution in [2.75, 3.05) is 23.4 Å². The van der Waals surface area contributed by atoms with Crippen molar-refractivity contribution in [3.63, 3.8) is 0 Å². The van der Waals surface area contributed by atoms with E-state index in [1.165, 1.54) is 23.2 Å². The van der Waals surface area contributed by atoms with Crippen molar-refractivity contribution in [3.8, 4) is 0 Å². The number of hydrogen-bond donors (Lipinski definition) is 4. The van der Waals surface area contributed by atoms with Crippen LogP contribution in [0.3, 0.4) is 0 Å². The molecule has 3 heterocycles. The molecular formula is C36H38N6O9S2. The molecular weight excluding hydrogens is 725 g/mol. The van der Waals surface area contributed by atoms with Crippen molar-refractivity contribution in [2.24, 2.45) is 5.16 Å². The van der Waals surface area contributed by atoms with E-state index in [0.29, 0.717) is 28.1 Å². The van der Waals surface area contributed by atoms with Crippen molar-refractivity contribution in [1.82, 2.24) is 15.2 Å². The van der Waals surface area contributed by atoms with Crippen molar-refractivity contribution < 1.29 is 43.4 Å². The lowest BCUT2D eigenvalue weighted by molar-refractivity contribution is -0.150. The highest BCUT2D eigenvalue weighted by Crippen LogP contribution is 2.40. The van der Waals surface area contributed by atoms with Crippen LogP contribution in [0.25, 0.3) is 0 Å². The number of nitrogen functional groups attached to an aromatic ring is 1. The van der Waals surface area contributed by atoms with Crippen LogP contribution >= 0.6 is 23.1 Å². The van der Waals surface area contributed by atoms with Gasteiger partial charge in [-0.2, -0.15) is 0 Å². The number of nitrogens with zero attached hydrogens (tertiary/aromatic N) is 3. The summed E-state index contributed by atoms with van der Waals surface area (Å²) in [6.45, 7) is 8.84. The lowest BCUT2D eigenvalue weighted by Crippen LogP contribution is -2.71. The molecule has 2 aliphatic heterocycles. The van der Waals surface area contributed by atoms with Gasteiger partial charge < -0.3 is 30.5 Å². The van der Waals surface area contributed by atoms with Gasteiger partial charge in [-0.25, -0.2) is 14.6 Å². The number of carbonyl (C=O) groups excluding carboxylic acids is 4. The van der Waals surface area contributed by atoms with Crippen LogP contribution in [0.15, 0.2) is 89.1 Å². The molecule has 1 aromatic heterocycles. The third-order valence-corrected chi connectivity index (χ3v) is 9.65. The first-order valence-corrected chi connectivity index (χ1v) is 18.3. The quantitative estimate of drug-likeness (QED) is 0.0572. The molecule has 3 atom stereocenters. The summed E-state index contributed by atoms with van der Waals surface area (Å²) in [7, 11) is 0. The fourth-order valence-electron chi connectivity index (χ4n) is 5.35. The molecule has 1 fully saturated rings. The van der Waals surface area contributed by atoms with Crippen LogP contribution in [0.5, 0.6) is 0 Å². The van der Waals surface area contributed by atoms with E-state index in [1.807, 2.05) is 30.3 Å². The minimum absolute atomic E-state index is 0.0582. The zero-order chi connectivity index (χ0) is 38.3. The number of esters is 1. The Hall–Kier alpha value is -5.68. The van der Waals surface area contributed by atoms with E-state index >= 15 is 0 Å². The molecule has 0 bridgehead atoms. The largest absolute Gasteiger partial charge is 0.477 e. The first-order chi connectivity index (χ1) is 25.3. The van der Waals surface area contributed by atoms with Gasteiger partial charge in [0.2, 0.25) is 0 Å². The maximum absolute atomic E-state index is 13.4. The van der Waals surface area contributed by atoms with Crippen LogP contribution in [-0.4, -0.2) is 79.9 Å². The topological polar surface area (TPSA) is 212 Å². The normalized spacial score (nSPS) is 17.5. The fourth-order valence-corrected chi connectivity index (χ4v) is 7.24. The number of aromatic nitrogens is 1. The first-order valence-electron chi connectivity index (χ1n) is 16.4. The molecule has 3 aromatic rings. The molecule has 0 spiro atoms. The summed E-state index contributed by atoms with van der Waals surface area (Å²) in [6, 6.07) is 15.0. The summed E-state index contributed by atoms with van der Waals surface area (Å²) in [5.41, 5.74) is 7.00. The van der Waals surface area contributed by atoms with Gasteiger partial charge in [0, 0.05) is 23.2 Å². The predicted molar refractivity (Wildman–Crippen MR) is 199 cm³/mol. The molecule has 0 aliphatic carbocycles. The molecule has 15 nitrogen and oxygen atoms in total. The SMILES string of the molecule is C=CC1=C(C(=O)O)N2C(=O)C(NC(=O)C(=NOCCCC(=O)OC(c3ccccc3)c3cccc(NC(=O)OC(C)(C)C)c3)c3csc(N)n3)[C@@H]2SC1. The Morgan fingerprint density at radius 3 is 2.55 bits per heavy atom. The lowest BCUT2D eigenvalue weighted by atomic mass is 10.0. The number of fused-ring (bicyclic) bond motifs is 1. The monoisotopic (exact) mass is 762 g/mol. The van der Waals surface area contributed by atoms with E-state index in [1.54, 1.807) is 45.0 Å². The number of hydrogen-bond acceptors (Lipinski definition) is 13. The van der Waals surface area contributed by atoms with Gasteiger partial charge in [0.15, 0.2) is 16.9 Å². The van der Waals surface area contributed by atoms with Gasteiger partial charge in [0.05, 0.1) is 0 Å². The number of carbonyl (C=O) groups is 5. The molecule has 2 aromatic carbocycles. The van der Waals surface area contributed by atoms with E-state index in [4.69, 9.17) is 20.0 Å². The Morgan fingerprint density at radius 2 is 1.89 bits per heavy atom. The molecule has 5 N–H and O–H groups in total. The summed E-state index contributed by atoms with van der Waals surface area (Å²) >= 11 is 2.36. The Kier molecular flexibility index (Phi) is 12.2. The highest BCUT2D eigenvalue weighted by Gasteiger charge is 2.54. The van der Waals surface area contributed by atoms with Gasteiger partial charge in [-0.15, -0.1) is 23.1 Å². The molecule has 0 saturated carbocycles. The highest BCUT2D eigenvalue weighted by atomic mass is 32.2. The third-order valence-electron chi connectivity index (χ3n) is 7.67.